The van der Waals surface area contributed by atoms with E-state index >= 15 is 0 Å². The highest BCUT2D eigenvalue weighted by Crippen LogP contribution is 2.04. The summed E-state index contributed by atoms with van der Waals surface area (Å²) >= 11 is 0. The maximum absolute atomic E-state index is 11.4. The number of carbonyl (C=O) groups is 1. The van der Waals surface area contributed by atoms with Crippen LogP contribution in [0.4, 0.5) is 5.82 Å². The molecular formula is C8H12N4O2. The Morgan fingerprint density at radius 2 is 2.50 bits per heavy atom. The Kier molecular flexibility index (Phi) is 3.22. The first kappa shape index (κ1) is 10.2. The van der Waals surface area contributed by atoms with Crippen LogP contribution in [0.2, 0.25) is 0 Å². The van der Waals surface area contributed by atoms with Crippen molar-refractivity contribution in [1.29, 1.82) is 0 Å². The van der Waals surface area contributed by atoms with E-state index in [-0.39, 0.29) is 17.6 Å². The lowest BCUT2D eigenvalue weighted by Gasteiger charge is -2.09. The molecule has 0 spiro atoms. The number of aromatic nitrogens is 2. The zero-order chi connectivity index (χ0) is 10.6. The van der Waals surface area contributed by atoms with E-state index in [4.69, 9.17) is 5.73 Å². The minimum atomic E-state index is -0.391. The van der Waals surface area contributed by atoms with Crippen LogP contribution in [-0.4, -0.2) is 22.3 Å². The molecule has 0 radical (unpaired) electrons. The van der Waals surface area contributed by atoms with Crippen molar-refractivity contribution in [3.8, 4) is 0 Å². The molecule has 6 heteroatoms. The van der Waals surface area contributed by atoms with E-state index in [2.05, 4.69) is 26.8 Å². The van der Waals surface area contributed by atoms with E-state index in [9.17, 15) is 4.79 Å². The lowest BCUT2D eigenvalue weighted by Crippen LogP contribution is -2.32. The first-order chi connectivity index (χ1) is 6.65. The Morgan fingerprint density at radius 1 is 1.79 bits per heavy atom. The first-order valence-corrected chi connectivity index (χ1v) is 4.15. The van der Waals surface area contributed by atoms with Gasteiger partial charge >= 0.3 is 0 Å². The van der Waals surface area contributed by atoms with Gasteiger partial charge in [-0.2, -0.15) is 0 Å². The molecule has 0 aliphatic rings. The topological polar surface area (TPSA) is 94.0 Å². The van der Waals surface area contributed by atoms with Gasteiger partial charge in [-0.15, -0.1) is 6.58 Å². The van der Waals surface area contributed by atoms with Crippen LogP contribution >= 0.6 is 0 Å². The van der Waals surface area contributed by atoms with Gasteiger partial charge in [-0.05, 0) is 23.7 Å². The molecule has 0 saturated carbocycles. The van der Waals surface area contributed by atoms with Gasteiger partial charge in [0, 0.05) is 6.04 Å². The van der Waals surface area contributed by atoms with Crippen molar-refractivity contribution in [2.45, 2.75) is 19.4 Å². The molecule has 0 fully saturated rings. The summed E-state index contributed by atoms with van der Waals surface area (Å²) in [6.07, 6.45) is 2.40. The fourth-order valence-corrected chi connectivity index (χ4v) is 0.954. The number of rotatable bonds is 4. The lowest BCUT2D eigenvalue weighted by atomic mass is 10.2. The van der Waals surface area contributed by atoms with Crippen LogP contribution in [0.15, 0.2) is 17.3 Å². The minimum Gasteiger partial charge on any atom is -0.379 e. The molecule has 1 unspecified atom stereocenters. The summed E-state index contributed by atoms with van der Waals surface area (Å²) in [5.41, 5.74) is 5.36. The Morgan fingerprint density at radius 3 is 3.00 bits per heavy atom. The monoisotopic (exact) mass is 196 g/mol. The van der Waals surface area contributed by atoms with Crippen LogP contribution in [0.3, 0.4) is 0 Å². The van der Waals surface area contributed by atoms with E-state index in [1.807, 2.05) is 6.92 Å². The van der Waals surface area contributed by atoms with Crippen LogP contribution in [0.1, 0.15) is 23.8 Å². The summed E-state index contributed by atoms with van der Waals surface area (Å²) in [5, 5.41) is 9.35. The van der Waals surface area contributed by atoms with Gasteiger partial charge in [0.25, 0.3) is 5.91 Å². The second-order valence-corrected chi connectivity index (χ2v) is 2.90. The molecule has 0 saturated heterocycles. The van der Waals surface area contributed by atoms with Gasteiger partial charge in [0.05, 0.1) is 0 Å². The molecule has 6 nitrogen and oxygen atoms in total. The number of hydrogen-bond acceptors (Lipinski definition) is 5. The van der Waals surface area contributed by atoms with Crippen molar-refractivity contribution < 1.29 is 9.42 Å². The van der Waals surface area contributed by atoms with Gasteiger partial charge in [0.2, 0.25) is 11.5 Å². The highest BCUT2D eigenvalue weighted by Gasteiger charge is 2.16. The average molecular weight is 196 g/mol. The summed E-state index contributed by atoms with van der Waals surface area (Å²) < 4.78 is 4.30. The molecule has 1 aromatic rings. The SMILES string of the molecule is C=CCC(C)NC(=O)c1nonc1N. The number of amides is 1. The van der Waals surface area contributed by atoms with E-state index < -0.39 is 5.91 Å². The number of nitrogens with one attached hydrogen (secondary N) is 1. The van der Waals surface area contributed by atoms with Gasteiger partial charge in [-0.3, -0.25) is 4.79 Å². The molecule has 1 amide bonds. The molecule has 0 aromatic carbocycles. The zero-order valence-electron chi connectivity index (χ0n) is 7.86. The summed E-state index contributed by atoms with van der Waals surface area (Å²) in [6.45, 7) is 5.42. The van der Waals surface area contributed by atoms with Crippen molar-refractivity contribution in [1.82, 2.24) is 15.6 Å². The van der Waals surface area contributed by atoms with Gasteiger partial charge in [-0.1, -0.05) is 6.08 Å². The predicted molar refractivity (Wildman–Crippen MR) is 50.5 cm³/mol. The molecule has 0 aliphatic carbocycles. The molecule has 1 atom stereocenters. The Bertz CT molecular complexity index is 334. The largest absolute Gasteiger partial charge is 0.379 e. The molecule has 1 heterocycles. The quantitative estimate of drug-likeness (QED) is 0.677. The normalized spacial score (nSPS) is 12.1. The number of carbonyl (C=O) groups excluding carboxylic acids is 1. The van der Waals surface area contributed by atoms with Crippen molar-refractivity contribution in [3.63, 3.8) is 0 Å². The summed E-state index contributed by atoms with van der Waals surface area (Å²) in [6, 6.07) is -0.0175. The van der Waals surface area contributed by atoms with Crippen molar-refractivity contribution >= 4 is 11.7 Å². The highest BCUT2D eigenvalue weighted by atomic mass is 16.6. The summed E-state index contributed by atoms with van der Waals surface area (Å²) in [7, 11) is 0. The molecule has 14 heavy (non-hydrogen) atoms. The fraction of sp³-hybridized carbons (Fsp3) is 0.375. The Hall–Kier alpha value is -1.85. The van der Waals surface area contributed by atoms with Crippen molar-refractivity contribution in [2.24, 2.45) is 0 Å². The maximum atomic E-state index is 11.4. The van der Waals surface area contributed by atoms with Crippen LogP contribution in [0, 0.1) is 0 Å². The van der Waals surface area contributed by atoms with Gasteiger partial charge in [0.1, 0.15) is 0 Å². The van der Waals surface area contributed by atoms with Crippen molar-refractivity contribution in [2.75, 3.05) is 5.73 Å². The first-order valence-electron chi connectivity index (χ1n) is 4.15. The number of hydrogen-bond donors (Lipinski definition) is 2. The number of nitrogens with two attached hydrogens (primary N) is 1. The van der Waals surface area contributed by atoms with Crippen molar-refractivity contribution in [3.05, 3.63) is 18.3 Å². The molecule has 0 bridgehead atoms. The standard InChI is InChI=1S/C8H12N4O2/c1-3-4-5(2)10-8(13)6-7(9)12-14-11-6/h3,5H,1,4H2,2H3,(H2,9,12)(H,10,13). The molecule has 1 aromatic heterocycles. The van der Waals surface area contributed by atoms with E-state index in [0.717, 1.165) is 0 Å². The van der Waals surface area contributed by atoms with Crippen LogP contribution in [0.5, 0.6) is 0 Å². The molecule has 1 rings (SSSR count). The van der Waals surface area contributed by atoms with E-state index in [0.29, 0.717) is 6.42 Å². The highest BCUT2D eigenvalue weighted by molar-refractivity contribution is 5.96. The molecular weight excluding hydrogens is 184 g/mol. The van der Waals surface area contributed by atoms with Crippen LogP contribution < -0.4 is 11.1 Å². The Balaban J connectivity index is 2.59. The lowest BCUT2D eigenvalue weighted by molar-refractivity contribution is 0.0931. The fourth-order valence-electron chi connectivity index (χ4n) is 0.954. The maximum Gasteiger partial charge on any atom is 0.277 e. The summed E-state index contributed by atoms with van der Waals surface area (Å²) in [5.74, 6) is -0.397. The van der Waals surface area contributed by atoms with E-state index in [1.165, 1.54) is 0 Å². The van der Waals surface area contributed by atoms with Gasteiger partial charge in [0.15, 0.2) is 0 Å². The smallest absolute Gasteiger partial charge is 0.277 e. The number of nitrogen functional groups attached to an aromatic ring is 1. The predicted octanol–water partition coefficient (Wildman–Crippen LogP) is 0.346. The van der Waals surface area contributed by atoms with Crippen LogP contribution in [-0.2, 0) is 0 Å². The number of anilines is 1. The Labute approximate surface area is 81.1 Å². The minimum absolute atomic E-state index is 0.00620. The number of nitrogens with zero attached hydrogens (tertiary/aromatic N) is 2. The van der Waals surface area contributed by atoms with Crippen LogP contribution in [0.25, 0.3) is 0 Å². The molecule has 76 valence electrons. The third-order valence-corrected chi connectivity index (χ3v) is 1.63. The molecule has 3 N–H and O–H groups in total. The second kappa shape index (κ2) is 4.40. The third-order valence-electron chi connectivity index (χ3n) is 1.63. The van der Waals surface area contributed by atoms with E-state index in [1.54, 1.807) is 6.08 Å². The second-order valence-electron chi connectivity index (χ2n) is 2.90. The summed E-state index contributed by atoms with van der Waals surface area (Å²) in [4.78, 5) is 11.4. The van der Waals surface area contributed by atoms with Gasteiger partial charge < -0.3 is 11.1 Å². The molecule has 0 aliphatic heterocycles. The zero-order valence-corrected chi connectivity index (χ0v) is 7.86. The van der Waals surface area contributed by atoms with Gasteiger partial charge in [-0.25, -0.2) is 4.63 Å². The third kappa shape index (κ3) is 2.32. The average Bonchev–Trinajstić information content (AvgIpc) is 2.51.